The highest BCUT2D eigenvalue weighted by molar-refractivity contribution is 7.89. The van der Waals surface area contributed by atoms with E-state index in [2.05, 4.69) is 5.16 Å². The first-order valence-corrected chi connectivity index (χ1v) is 6.98. The van der Waals surface area contributed by atoms with E-state index >= 15 is 0 Å². The Morgan fingerprint density at radius 2 is 1.94 bits per heavy atom. The molecule has 0 aliphatic rings. The molecule has 0 amide bonds. The Balaban J connectivity index is 3.28. The Morgan fingerprint density at radius 3 is 2.28 bits per heavy atom. The minimum absolute atomic E-state index is 0.0471. The maximum atomic E-state index is 12.4. The minimum Gasteiger partial charge on any atom is -0.360 e. The number of nitriles is 1. The molecule has 7 heteroatoms. The van der Waals surface area contributed by atoms with Crippen molar-refractivity contribution in [3.63, 3.8) is 0 Å². The maximum absolute atomic E-state index is 12.4. The molecule has 100 valence electrons. The number of hydrogen-bond donors (Lipinski definition) is 0. The minimum atomic E-state index is -3.76. The second kappa shape index (κ2) is 5.08. The van der Waals surface area contributed by atoms with E-state index in [1.807, 2.05) is 6.07 Å². The fourth-order valence-electron chi connectivity index (χ4n) is 1.79. The summed E-state index contributed by atoms with van der Waals surface area (Å²) in [5.74, 6) is 0.134. The van der Waals surface area contributed by atoms with Crippen molar-refractivity contribution in [1.82, 2.24) is 9.46 Å². The van der Waals surface area contributed by atoms with E-state index in [9.17, 15) is 8.42 Å². The molecule has 1 heterocycles. The van der Waals surface area contributed by atoms with Gasteiger partial charge in [-0.2, -0.15) is 9.57 Å². The van der Waals surface area contributed by atoms with Crippen LogP contribution in [-0.4, -0.2) is 31.0 Å². The van der Waals surface area contributed by atoms with Gasteiger partial charge in [0, 0.05) is 7.05 Å². The predicted molar refractivity (Wildman–Crippen MR) is 65.2 cm³/mol. The summed E-state index contributed by atoms with van der Waals surface area (Å²) in [6.07, 6.45) is 0. The van der Waals surface area contributed by atoms with Crippen LogP contribution in [-0.2, 0) is 10.0 Å². The molecule has 1 unspecified atom stereocenters. The molecule has 0 N–H and O–H groups in total. The zero-order valence-corrected chi connectivity index (χ0v) is 11.9. The number of sulfonamides is 1. The standard InChI is InChI=1S/C11H17N3O3S/c1-7(2)10(6-12)14(5)18(15,16)11-8(3)13-17-9(11)4/h7,10H,1-5H3. The number of aryl methyl sites for hydroxylation is 2. The summed E-state index contributed by atoms with van der Waals surface area (Å²) in [6, 6.07) is 1.29. The van der Waals surface area contributed by atoms with E-state index in [-0.39, 0.29) is 16.6 Å². The summed E-state index contributed by atoms with van der Waals surface area (Å²) in [7, 11) is -2.36. The molecule has 0 bridgehead atoms. The molecule has 1 aromatic heterocycles. The normalized spacial score (nSPS) is 13.9. The third-order valence-electron chi connectivity index (χ3n) is 2.76. The first kappa shape index (κ1) is 14.7. The van der Waals surface area contributed by atoms with E-state index in [0.717, 1.165) is 4.31 Å². The van der Waals surface area contributed by atoms with Gasteiger partial charge in [-0.25, -0.2) is 8.42 Å². The first-order chi connectivity index (χ1) is 8.23. The Kier molecular flexibility index (Phi) is 4.14. The maximum Gasteiger partial charge on any atom is 0.249 e. The third-order valence-corrected chi connectivity index (χ3v) is 4.84. The van der Waals surface area contributed by atoms with Gasteiger partial charge >= 0.3 is 0 Å². The van der Waals surface area contributed by atoms with Crippen molar-refractivity contribution in [2.75, 3.05) is 7.05 Å². The van der Waals surface area contributed by atoms with Gasteiger partial charge in [0.2, 0.25) is 10.0 Å². The Labute approximate surface area is 107 Å². The summed E-state index contributed by atoms with van der Waals surface area (Å²) >= 11 is 0. The first-order valence-electron chi connectivity index (χ1n) is 5.54. The summed E-state index contributed by atoms with van der Waals surface area (Å²) in [4.78, 5) is 0.0471. The van der Waals surface area contributed by atoms with Gasteiger partial charge in [0.25, 0.3) is 0 Å². The lowest BCUT2D eigenvalue weighted by atomic mass is 10.1. The molecule has 0 aromatic carbocycles. The highest BCUT2D eigenvalue weighted by Gasteiger charge is 2.34. The highest BCUT2D eigenvalue weighted by atomic mass is 32.2. The second-order valence-corrected chi connectivity index (χ2v) is 6.43. The predicted octanol–water partition coefficient (Wildman–Crippen LogP) is 1.46. The monoisotopic (exact) mass is 271 g/mol. The quantitative estimate of drug-likeness (QED) is 0.827. The smallest absolute Gasteiger partial charge is 0.249 e. The van der Waals surface area contributed by atoms with Gasteiger partial charge in [-0.15, -0.1) is 0 Å². The van der Waals surface area contributed by atoms with Crippen molar-refractivity contribution in [3.8, 4) is 6.07 Å². The van der Waals surface area contributed by atoms with Crippen LogP contribution in [0.5, 0.6) is 0 Å². The van der Waals surface area contributed by atoms with Gasteiger partial charge in [0.15, 0.2) is 5.76 Å². The van der Waals surface area contributed by atoms with Crippen LogP contribution >= 0.6 is 0 Å². The average molecular weight is 271 g/mol. The topological polar surface area (TPSA) is 87.2 Å². The van der Waals surface area contributed by atoms with E-state index < -0.39 is 16.1 Å². The molecule has 0 fully saturated rings. The van der Waals surface area contributed by atoms with Crippen LogP contribution in [0.2, 0.25) is 0 Å². The molecule has 1 rings (SSSR count). The molecule has 1 aromatic rings. The number of rotatable bonds is 4. The van der Waals surface area contributed by atoms with Gasteiger partial charge in [-0.05, 0) is 19.8 Å². The molecule has 0 aliphatic carbocycles. The van der Waals surface area contributed by atoms with Crippen LogP contribution < -0.4 is 0 Å². The van der Waals surface area contributed by atoms with Crippen LogP contribution in [0.25, 0.3) is 0 Å². The molecule has 0 saturated heterocycles. The lowest BCUT2D eigenvalue weighted by Crippen LogP contribution is -2.39. The largest absolute Gasteiger partial charge is 0.360 e. The van der Waals surface area contributed by atoms with Crippen molar-refractivity contribution in [2.24, 2.45) is 5.92 Å². The van der Waals surface area contributed by atoms with Crippen LogP contribution in [0.15, 0.2) is 9.42 Å². The zero-order valence-electron chi connectivity index (χ0n) is 11.1. The van der Waals surface area contributed by atoms with Crippen LogP contribution in [0.4, 0.5) is 0 Å². The number of aromatic nitrogens is 1. The number of hydrogen-bond acceptors (Lipinski definition) is 5. The molecule has 0 saturated carbocycles. The fourth-order valence-corrected chi connectivity index (χ4v) is 3.48. The third kappa shape index (κ3) is 2.40. The fraction of sp³-hybridized carbons (Fsp3) is 0.636. The lowest BCUT2D eigenvalue weighted by molar-refractivity contribution is 0.351. The highest BCUT2D eigenvalue weighted by Crippen LogP contribution is 2.25. The summed E-state index contributed by atoms with van der Waals surface area (Å²) in [5, 5.41) is 12.7. The molecule has 18 heavy (non-hydrogen) atoms. The van der Waals surface area contributed by atoms with Crippen LogP contribution in [0.3, 0.4) is 0 Å². The van der Waals surface area contributed by atoms with Crippen molar-refractivity contribution in [1.29, 1.82) is 5.26 Å². The lowest BCUT2D eigenvalue weighted by Gasteiger charge is -2.24. The van der Waals surface area contributed by atoms with Gasteiger partial charge < -0.3 is 4.52 Å². The van der Waals surface area contributed by atoms with E-state index in [4.69, 9.17) is 9.78 Å². The Morgan fingerprint density at radius 1 is 1.39 bits per heavy atom. The summed E-state index contributed by atoms with van der Waals surface area (Å²) in [5.41, 5.74) is 0.305. The number of nitrogens with zero attached hydrogens (tertiary/aromatic N) is 3. The van der Waals surface area contributed by atoms with E-state index in [1.165, 1.54) is 14.0 Å². The van der Waals surface area contributed by atoms with Crippen molar-refractivity contribution >= 4 is 10.0 Å². The molecular formula is C11H17N3O3S. The molecule has 0 spiro atoms. The molecule has 1 atom stereocenters. The van der Waals surface area contributed by atoms with Gasteiger partial charge in [0.1, 0.15) is 16.6 Å². The molecular weight excluding hydrogens is 254 g/mol. The Bertz CT molecular complexity index is 549. The van der Waals surface area contributed by atoms with E-state index in [0.29, 0.717) is 5.69 Å². The average Bonchev–Trinajstić information content (AvgIpc) is 2.59. The summed E-state index contributed by atoms with van der Waals surface area (Å²) in [6.45, 7) is 6.70. The zero-order chi connectivity index (χ0) is 14.1. The summed E-state index contributed by atoms with van der Waals surface area (Å²) < 4.78 is 30.8. The second-order valence-electron chi connectivity index (χ2n) is 4.49. The Hall–Kier alpha value is -1.39. The van der Waals surface area contributed by atoms with Gasteiger partial charge in [-0.3, -0.25) is 0 Å². The van der Waals surface area contributed by atoms with Crippen LogP contribution in [0.1, 0.15) is 25.3 Å². The van der Waals surface area contributed by atoms with Crippen LogP contribution in [0, 0.1) is 31.1 Å². The molecule has 0 aliphatic heterocycles. The van der Waals surface area contributed by atoms with E-state index in [1.54, 1.807) is 20.8 Å². The molecule has 6 nitrogen and oxygen atoms in total. The SMILES string of the molecule is Cc1noc(C)c1S(=O)(=O)N(C)C(C#N)C(C)C. The van der Waals surface area contributed by atoms with Crippen molar-refractivity contribution in [3.05, 3.63) is 11.5 Å². The van der Waals surface area contributed by atoms with Crippen molar-refractivity contribution in [2.45, 2.75) is 38.6 Å². The van der Waals surface area contributed by atoms with Gasteiger partial charge in [0.05, 0.1) is 6.07 Å². The molecule has 0 radical (unpaired) electrons. The van der Waals surface area contributed by atoms with Crippen molar-refractivity contribution < 1.29 is 12.9 Å². The van der Waals surface area contributed by atoms with Gasteiger partial charge in [-0.1, -0.05) is 19.0 Å².